The van der Waals surface area contributed by atoms with Crippen molar-refractivity contribution in [2.45, 2.75) is 13.0 Å². The fourth-order valence-electron chi connectivity index (χ4n) is 2.22. The van der Waals surface area contributed by atoms with Crippen molar-refractivity contribution < 1.29 is 13.2 Å². The number of thiophene rings is 1. The monoisotopic (exact) mass is 337 g/mol. The third-order valence-corrected chi connectivity index (χ3v) is 5.62. The number of carbonyl (C=O) groups excluding carboxylic acids is 1. The van der Waals surface area contributed by atoms with Crippen LogP contribution in [0.25, 0.3) is 0 Å². The molecule has 0 fully saturated rings. The van der Waals surface area contributed by atoms with E-state index >= 15 is 0 Å². The lowest BCUT2D eigenvalue weighted by Gasteiger charge is -2.27. The Labute approximate surface area is 132 Å². The Morgan fingerprint density at radius 2 is 2.27 bits per heavy atom. The zero-order valence-corrected chi connectivity index (χ0v) is 13.5. The molecule has 2 aliphatic rings. The summed E-state index contributed by atoms with van der Waals surface area (Å²) in [6.45, 7) is 2.24. The molecule has 3 rings (SSSR count). The lowest BCUT2D eigenvalue weighted by atomic mass is 10.1. The van der Waals surface area contributed by atoms with E-state index < -0.39 is 10.0 Å². The zero-order valence-electron chi connectivity index (χ0n) is 11.9. The van der Waals surface area contributed by atoms with Crippen molar-refractivity contribution in [1.82, 2.24) is 10.2 Å². The van der Waals surface area contributed by atoms with E-state index in [2.05, 4.69) is 9.71 Å². The van der Waals surface area contributed by atoms with Crippen molar-refractivity contribution in [3.8, 4) is 0 Å². The number of hydrogen-bond acceptors (Lipinski definition) is 5. The van der Waals surface area contributed by atoms with Crippen LogP contribution < -0.4 is 5.32 Å². The van der Waals surface area contributed by atoms with Gasteiger partial charge in [-0.2, -0.15) is 0 Å². The first-order valence-electron chi connectivity index (χ1n) is 6.78. The van der Waals surface area contributed by atoms with Crippen molar-refractivity contribution in [3.05, 3.63) is 46.3 Å². The molecule has 0 aromatic carbocycles. The van der Waals surface area contributed by atoms with E-state index in [0.29, 0.717) is 18.0 Å². The summed E-state index contributed by atoms with van der Waals surface area (Å²) < 4.78 is 26.6. The number of fused-ring (bicyclic) bond motifs is 1. The van der Waals surface area contributed by atoms with E-state index in [1.807, 2.05) is 24.4 Å². The van der Waals surface area contributed by atoms with Gasteiger partial charge in [-0.3, -0.25) is 4.79 Å². The Bertz CT molecular complexity index is 776. The first-order chi connectivity index (χ1) is 10.4. The SMILES string of the molecule is CC(NC(=O)C1=CN2CCS(=O)(=O)N=C2C=C1)c1cccs1. The van der Waals surface area contributed by atoms with Crippen molar-refractivity contribution in [2.24, 2.45) is 4.40 Å². The van der Waals surface area contributed by atoms with Crippen LogP contribution in [0.5, 0.6) is 0 Å². The number of hydrogen-bond donors (Lipinski definition) is 1. The Morgan fingerprint density at radius 3 is 3.00 bits per heavy atom. The highest BCUT2D eigenvalue weighted by Gasteiger charge is 2.25. The van der Waals surface area contributed by atoms with Gasteiger partial charge in [0.05, 0.1) is 17.4 Å². The number of amidine groups is 1. The van der Waals surface area contributed by atoms with Gasteiger partial charge in [-0.15, -0.1) is 15.7 Å². The van der Waals surface area contributed by atoms with Crippen molar-refractivity contribution in [2.75, 3.05) is 12.3 Å². The summed E-state index contributed by atoms with van der Waals surface area (Å²) in [4.78, 5) is 15.1. The third kappa shape index (κ3) is 3.12. The predicted octanol–water partition coefficient (Wildman–Crippen LogP) is 1.42. The van der Waals surface area contributed by atoms with Crippen molar-refractivity contribution >= 4 is 33.1 Å². The molecule has 1 atom stereocenters. The molecule has 0 bridgehead atoms. The Kier molecular flexibility index (Phi) is 3.88. The first kappa shape index (κ1) is 15.0. The maximum Gasteiger partial charge on any atom is 0.256 e. The van der Waals surface area contributed by atoms with Crippen LogP contribution in [-0.2, 0) is 14.8 Å². The molecule has 1 N–H and O–H groups in total. The fourth-order valence-corrected chi connectivity index (χ4v) is 3.93. The normalized spacial score (nSPS) is 20.7. The van der Waals surface area contributed by atoms with Gasteiger partial charge in [0.15, 0.2) is 0 Å². The first-order valence-corrected chi connectivity index (χ1v) is 9.27. The van der Waals surface area contributed by atoms with Gasteiger partial charge in [0.1, 0.15) is 5.84 Å². The molecule has 1 amide bonds. The largest absolute Gasteiger partial charge is 0.345 e. The number of nitrogens with zero attached hydrogens (tertiary/aromatic N) is 2. The summed E-state index contributed by atoms with van der Waals surface area (Å²) >= 11 is 1.59. The second kappa shape index (κ2) is 5.69. The molecular formula is C14H15N3O3S2. The van der Waals surface area contributed by atoms with Gasteiger partial charge in [0.2, 0.25) is 0 Å². The highest BCUT2D eigenvalue weighted by molar-refractivity contribution is 7.90. The number of amides is 1. The fraction of sp³-hybridized carbons (Fsp3) is 0.286. The lowest BCUT2D eigenvalue weighted by molar-refractivity contribution is -0.117. The van der Waals surface area contributed by atoms with Gasteiger partial charge in [0, 0.05) is 17.6 Å². The quantitative estimate of drug-likeness (QED) is 0.905. The van der Waals surface area contributed by atoms with Gasteiger partial charge < -0.3 is 10.2 Å². The summed E-state index contributed by atoms with van der Waals surface area (Å²) in [6.07, 6.45) is 4.79. The molecule has 8 heteroatoms. The Balaban J connectivity index is 1.73. The number of nitrogens with one attached hydrogen (secondary N) is 1. The standard InChI is InChI=1S/C14H15N3O3S2/c1-10(12-3-2-7-21-12)15-14(18)11-4-5-13-16-22(19,20)8-6-17(13)9-11/h2-5,7,9-10H,6,8H2,1H3,(H,15,18). The van der Waals surface area contributed by atoms with Crippen LogP contribution in [0.15, 0.2) is 45.8 Å². The molecule has 0 spiro atoms. The third-order valence-electron chi connectivity index (χ3n) is 3.40. The van der Waals surface area contributed by atoms with Gasteiger partial charge in [-0.05, 0) is 30.5 Å². The summed E-state index contributed by atoms with van der Waals surface area (Å²) in [5.41, 5.74) is 0.488. The second-order valence-corrected chi connectivity index (χ2v) is 7.79. The lowest BCUT2D eigenvalue weighted by Crippen LogP contribution is -2.38. The number of sulfonamides is 1. The minimum atomic E-state index is -3.37. The molecule has 3 heterocycles. The molecule has 1 aromatic heterocycles. The van der Waals surface area contributed by atoms with Crippen molar-refractivity contribution in [3.63, 3.8) is 0 Å². The molecule has 1 unspecified atom stereocenters. The molecule has 116 valence electrons. The molecule has 0 saturated heterocycles. The summed E-state index contributed by atoms with van der Waals surface area (Å²) in [7, 11) is -3.37. The minimum absolute atomic E-state index is 0.0403. The van der Waals surface area contributed by atoms with Crippen LogP contribution >= 0.6 is 11.3 Å². The molecule has 1 aromatic rings. The average molecular weight is 337 g/mol. The molecule has 2 aliphatic heterocycles. The van der Waals surface area contributed by atoms with Gasteiger partial charge >= 0.3 is 0 Å². The van der Waals surface area contributed by atoms with Crippen LogP contribution in [0.1, 0.15) is 17.8 Å². The number of rotatable bonds is 3. The number of carbonyl (C=O) groups is 1. The highest BCUT2D eigenvalue weighted by Crippen LogP contribution is 2.20. The minimum Gasteiger partial charge on any atom is -0.345 e. The summed E-state index contributed by atoms with van der Waals surface area (Å²) in [5.74, 6) is 0.125. The van der Waals surface area contributed by atoms with E-state index in [0.717, 1.165) is 4.88 Å². The van der Waals surface area contributed by atoms with Crippen LogP contribution in [0.4, 0.5) is 0 Å². The molecular weight excluding hydrogens is 322 g/mol. The zero-order chi connectivity index (χ0) is 15.7. The topological polar surface area (TPSA) is 78.8 Å². The van der Waals surface area contributed by atoms with Crippen LogP contribution in [0.3, 0.4) is 0 Å². The Hall–Kier alpha value is -1.93. The van der Waals surface area contributed by atoms with Crippen LogP contribution in [0.2, 0.25) is 0 Å². The van der Waals surface area contributed by atoms with E-state index in [1.54, 1.807) is 34.6 Å². The molecule has 22 heavy (non-hydrogen) atoms. The van der Waals surface area contributed by atoms with E-state index in [9.17, 15) is 13.2 Å². The van der Waals surface area contributed by atoms with Gasteiger partial charge in [0.25, 0.3) is 15.9 Å². The summed E-state index contributed by atoms with van der Waals surface area (Å²) in [5, 5.41) is 4.90. The smallest absolute Gasteiger partial charge is 0.256 e. The maximum atomic E-state index is 12.3. The van der Waals surface area contributed by atoms with Gasteiger partial charge in [-0.1, -0.05) is 6.07 Å². The molecule has 0 saturated carbocycles. The van der Waals surface area contributed by atoms with Crippen LogP contribution in [0, 0.1) is 0 Å². The molecule has 0 aliphatic carbocycles. The Morgan fingerprint density at radius 1 is 1.45 bits per heavy atom. The van der Waals surface area contributed by atoms with Gasteiger partial charge in [-0.25, -0.2) is 8.42 Å². The molecule has 6 nitrogen and oxygen atoms in total. The molecule has 0 radical (unpaired) electrons. The average Bonchev–Trinajstić information content (AvgIpc) is 3.00. The van der Waals surface area contributed by atoms with Crippen LogP contribution in [-0.4, -0.2) is 37.4 Å². The van der Waals surface area contributed by atoms with E-state index in [-0.39, 0.29) is 17.7 Å². The van der Waals surface area contributed by atoms with E-state index in [4.69, 9.17) is 0 Å². The van der Waals surface area contributed by atoms with Crippen molar-refractivity contribution in [1.29, 1.82) is 0 Å². The maximum absolute atomic E-state index is 12.3. The van der Waals surface area contributed by atoms with E-state index in [1.165, 1.54) is 0 Å². The second-order valence-electron chi connectivity index (χ2n) is 5.06. The highest BCUT2D eigenvalue weighted by atomic mass is 32.2. The predicted molar refractivity (Wildman–Crippen MR) is 86.0 cm³/mol. The summed E-state index contributed by atoms with van der Waals surface area (Å²) in [6, 6.07) is 3.85.